The maximum Gasteiger partial charge on any atom is 1.00 e. The number of carboxylic acid groups (broad SMARTS) is 1. The molecule has 4 aromatic rings. The first-order chi connectivity index (χ1) is 18.5. The van der Waals surface area contributed by atoms with E-state index in [1.165, 1.54) is 17.7 Å². The maximum absolute atomic E-state index is 13.5. The van der Waals surface area contributed by atoms with Crippen LogP contribution in [0.4, 0.5) is 10.3 Å². The quantitative estimate of drug-likeness (QED) is 0.277. The molecule has 0 bridgehead atoms. The second-order valence-electron chi connectivity index (χ2n) is 9.81. The molecule has 0 saturated carbocycles. The molecule has 0 amide bonds. The molecule has 2 heterocycles. The van der Waals surface area contributed by atoms with E-state index in [1.807, 2.05) is 36.4 Å². The molecule has 3 aromatic carbocycles. The van der Waals surface area contributed by atoms with Crippen molar-refractivity contribution in [2.24, 2.45) is 0 Å². The van der Waals surface area contributed by atoms with Gasteiger partial charge in [-0.15, -0.1) is 0 Å². The normalized spacial score (nSPS) is 14.7. The molecule has 0 aliphatic carbocycles. The van der Waals surface area contributed by atoms with Crippen molar-refractivity contribution in [3.63, 3.8) is 0 Å². The number of hydrogen-bond donors (Lipinski definition) is 1. The Morgan fingerprint density at radius 2 is 1.59 bits per heavy atom. The molecule has 1 saturated heterocycles. The molecule has 5 rings (SSSR count). The first-order valence-corrected chi connectivity index (χ1v) is 13.2. The van der Waals surface area contributed by atoms with E-state index in [0.717, 1.165) is 86.2 Å². The minimum absolute atomic E-state index is 0. The van der Waals surface area contributed by atoms with Crippen LogP contribution in [0.2, 0.25) is 0 Å². The number of rotatable bonds is 8. The number of aromatic nitrogens is 2. The van der Waals surface area contributed by atoms with Crippen LogP contribution in [-0.2, 0) is 17.8 Å². The van der Waals surface area contributed by atoms with Gasteiger partial charge in [0.15, 0.2) is 0 Å². The molecular formula is C31H34FN4NaO2. The summed E-state index contributed by atoms with van der Waals surface area (Å²) in [5.41, 5.74) is 5.29. The summed E-state index contributed by atoms with van der Waals surface area (Å²) >= 11 is 0. The molecule has 0 radical (unpaired) electrons. The van der Waals surface area contributed by atoms with Crippen molar-refractivity contribution in [2.45, 2.75) is 25.8 Å². The number of halogens is 1. The van der Waals surface area contributed by atoms with Gasteiger partial charge >= 0.3 is 35.5 Å². The zero-order valence-electron chi connectivity index (χ0n) is 23.5. The summed E-state index contributed by atoms with van der Waals surface area (Å²) in [5.74, 6) is -0.168. The number of para-hydroxylation sites is 2. The van der Waals surface area contributed by atoms with Gasteiger partial charge in [0.05, 0.1) is 17.6 Å². The van der Waals surface area contributed by atoms with Crippen LogP contribution >= 0.6 is 0 Å². The second-order valence-corrected chi connectivity index (χ2v) is 9.81. The first-order valence-electron chi connectivity index (χ1n) is 13.2. The molecule has 1 aliphatic rings. The van der Waals surface area contributed by atoms with Gasteiger partial charge in [-0.25, -0.2) is 14.2 Å². The monoisotopic (exact) mass is 536 g/mol. The van der Waals surface area contributed by atoms with Crippen molar-refractivity contribution in [3.8, 4) is 0 Å². The van der Waals surface area contributed by atoms with E-state index < -0.39 is 5.97 Å². The minimum Gasteiger partial charge on any atom is -1.00 e. The number of hydrogen-bond acceptors (Lipinski definition) is 4. The molecule has 1 fully saturated rings. The Balaban J connectivity index is 0.00000220. The van der Waals surface area contributed by atoms with E-state index in [1.54, 1.807) is 6.08 Å². The van der Waals surface area contributed by atoms with E-state index in [-0.39, 0.29) is 36.8 Å². The van der Waals surface area contributed by atoms with Crippen LogP contribution in [0.15, 0.2) is 78.9 Å². The summed E-state index contributed by atoms with van der Waals surface area (Å²) < 4.78 is 15.7. The molecule has 0 spiro atoms. The summed E-state index contributed by atoms with van der Waals surface area (Å²) in [4.78, 5) is 20.7. The Hall–Kier alpha value is -2.97. The van der Waals surface area contributed by atoms with Crippen LogP contribution in [0.25, 0.3) is 17.1 Å². The summed E-state index contributed by atoms with van der Waals surface area (Å²) in [6.07, 6.45) is 5.86. The van der Waals surface area contributed by atoms with Crippen LogP contribution < -0.4 is 34.5 Å². The molecule has 0 unspecified atom stereocenters. The van der Waals surface area contributed by atoms with E-state index in [4.69, 9.17) is 10.1 Å². The van der Waals surface area contributed by atoms with Gasteiger partial charge in [0, 0.05) is 25.7 Å². The van der Waals surface area contributed by atoms with Crippen molar-refractivity contribution in [1.29, 1.82) is 0 Å². The number of carbonyl (C=O) groups is 1. The average molecular weight is 537 g/mol. The fourth-order valence-corrected chi connectivity index (χ4v) is 5.10. The minimum atomic E-state index is -0.935. The summed E-state index contributed by atoms with van der Waals surface area (Å²) in [6, 6.07) is 23.1. The van der Waals surface area contributed by atoms with E-state index >= 15 is 0 Å². The third kappa shape index (κ3) is 7.79. The van der Waals surface area contributed by atoms with Crippen molar-refractivity contribution in [2.75, 3.05) is 37.6 Å². The Labute approximate surface area is 252 Å². The Bertz CT molecular complexity index is 1400. The van der Waals surface area contributed by atoms with Crippen LogP contribution in [0.5, 0.6) is 0 Å². The standard InChI is InChI=1S/C31H33FN4O2.Na.H/c32-27-14-11-26(12-15-27)23-36-29-6-2-1-5-28(29)33-31(36)35-20-3-18-34(19-4-21-35)22-17-25-9-7-24(8-10-25)13-16-30(37)38;;/h1-2,5-16H,3-4,17-23H2,(H,37,38);;/q;+1;-1/b16-13+;;. The third-order valence-electron chi connectivity index (χ3n) is 7.09. The summed E-state index contributed by atoms with van der Waals surface area (Å²) in [5, 5.41) is 8.79. The van der Waals surface area contributed by atoms with Gasteiger partial charge in [0.25, 0.3) is 0 Å². The van der Waals surface area contributed by atoms with Crippen LogP contribution in [0.3, 0.4) is 0 Å². The average Bonchev–Trinajstić information content (AvgIpc) is 3.27. The van der Waals surface area contributed by atoms with Gasteiger partial charge in [-0.2, -0.15) is 0 Å². The number of carboxylic acids is 1. The molecule has 39 heavy (non-hydrogen) atoms. The number of nitrogens with zero attached hydrogens (tertiary/aromatic N) is 4. The molecule has 1 N–H and O–H groups in total. The fourth-order valence-electron chi connectivity index (χ4n) is 5.10. The van der Waals surface area contributed by atoms with E-state index in [9.17, 15) is 9.18 Å². The molecule has 0 atom stereocenters. The zero-order valence-corrected chi connectivity index (χ0v) is 24.5. The van der Waals surface area contributed by atoms with Gasteiger partial charge < -0.3 is 20.9 Å². The predicted molar refractivity (Wildman–Crippen MR) is 151 cm³/mol. The smallest absolute Gasteiger partial charge is 1.00 e. The number of fused-ring (bicyclic) bond motifs is 1. The largest absolute Gasteiger partial charge is 1.00 e. The number of imidazole rings is 1. The van der Waals surface area contributed by atoms with Crippen molar-refractivity contribution in [3.05, 3.63) is 101 Å². The van der Waals surface area contributed by atoms with E-state index in [2.05, 4.69) is 38.6 Å². The van der Waals surface area contributed by atoms with Gasteiger partial charge in [-0.3, -0.25) is 0 Å². The maximum atomic E-state index is 13.5. The van der Waals surface area contributed by atoms with Crippen LogP contribution in [-0.4, -0.2) is 58.3 Å². The molecule has 1 aliphatic heterocycles. The van der Waals surface area contributed by atoms with Gasteiger partial charge in [-0.1, -0.05) is 48.5 Å². The molecule has 6 nitrogen and oxygen atoms in total. The predicted octanol–water partition coefficient (Wildman–Crippen LogP) is 2.58. The van der Waals surface area contributed by atoms with Gasteiger partial charge in [0.2, 0.25) is 5.95 Å². The molecular weight excluding hydrogens is 502 g/mol. The van der Waals surface area contributed by atoms with Crippen LogP contribution in [0.1, 0.15) is 31.0 Å². The SMILES string of the molecule is O=C(O)/C=C/c1ccc(CCN2CCCN(c3nc4ccccc4n3Cc3ccc(F)cc3)CCC2)cc1.[H-].[Na+]. The van der Waals surface area contributed by atoms with Gasteiger partial charge in [0.1, 0.15) is 5.82 Å². The Morgan fingerprint density at radius 1 is 0.923 bits per heavy atom. The van der Waals surface area contributed by atoms with Crippen LogP contribution in [0, 0.1) is 5.82 Å². The third-order valence-corrected chi connectivity index (χ3v) is 7.09. The topological polar surface area (TPSA) is 61.6 Å². The van der Waals surface area contributed by atoms with Gasteiger partial charge in [-0.05, 0) is 79.4 Å². The summed E-state index contributed by atoms with van der Waals surface area (Å²) in [6.45, 7) is 5.61. The van der Waals surface area contributed by atoms with Crippen molar-refractivity contribution < 1.29 is 45.3 Å². The van der Waals surface area contributed by atoms with E-state index in [0.29, 0.717) is 6.54 Å². The first kappa shape index (κ1) is 29.0. The molecule has 8 heteroatoms. The number of aliphatic carboxylic acids is 1. The molecule has 198 valence electrons. The van der Waals surface area contributed by atoms with Crippen molar-refractivity contribution in [1.82, 2.24) is 14.5 Å². The zero-order chi connectivity index (χ0) is 26.3. The number of benzene rings is 3. The van der Waals surface area contributed by atoms with Crippen molar-refractivity contribution >= 4 is 29.0 Å². The Morgan fingerprint density at radius 3 is 2.28 bits per heavy atom. The Kier molecular flexibility index (Phi) is 10.3. The number of anilines is 1. The summed E-state index contributed by atoms with van der Waals surface area (Å²) in [7, 11) is 0. The molecule has 1 aromatic heterocycles. The fraction of sp³-hybridized carbons (Fsp3) is 0.290. The second kappa shape index (κ2) is 13.9.